The molecule has 2 heterocycles. The molecule has 0 N–H and O–H groups in total. The molecule has 4 rings (SSSR count). The quantitative estimate of drug-likeness (QED) is 0.698. The van der Waals surface area contributed by atoms with Gasteiger partial charge in [0.25, 0.3) is 0 Å². The monoisotopic (exact) mass is 405 g/mol. The van der Waals surface area contributed by atoms with Crippen molar-refractivity contribution in [3.05, 3.63) is 69.2 Å². The fourth-order valence-electron chi connectivity index (χ4n) is 3.78. The third kappa shape index (κ3) is 4.05. The van der Waals surface area contributed by atoms with Gasteiger partial charge >= 0.3 is 0 Å². The van der Waals surface area contributed by atoms with E-state index in [0.29, 0.717) is 40.9 Å². The molecule has 0 saturated carbocycles. The minimum atomic E-state index is -0.386. The third-order valence-electron chi connectivity index (χ3n) is 5.26. The van der Waals surface area contributed by atoms with Crippen molar-refractivity contribution in [3.63, 3.8) is 0 Å². The number of carbonyl (C=O) groups excluding carboxylic acids is 1. The zero-order valence-corrected chi connectivity index (χ0v) is 16.4. The Hall–Kier alpha value is -1.43. The maximum absolute atomic E-state index is 13.1. The van der Waals surface area contributed by atoms with Gasteiger partial charge in [-0.3, -0.25) is 9.69 Å². The van der Waals surface area contributed by atoms with Gasteiger partial charge in [-0.15, -0.1) is 0 Å². The number of carbonyl (C=O) groups is 1. The highest BCUT2D eigenvalue weighted by molar-refractivity contribution is 6.37. The number of ketones is 1. The second kappa shape index (κ2) is 7.90. The van der Waals surface area contributed by atoms with E-state index in [1.807, 2.05) is 24.3 Å². The van der Waals surface area contributed by atoms with E-state index in [0.717, 1.165) is 31.5 Å². The van der Waals surface area contributed by atoms with E-state index in [2.05, 4.69) is 4.90 Å². The molecule has 0 radical (unpaired) electrons. The van der Waals surface area contributed by atoms with E-state index < -0.39 is 0 Å². The molecule has 2 aliphatic heterocycles. The van der Waals surface area contributed by atoms with Crippen molar-refractivity contribution < 1.29 is 14.3 Å². The van der Waals surface area contributed by atoms with E-state index in [4.69, 9.17) is 32.7 Å². The van der Waals surface area contributed by atoms with Crippen LogP contribution in [-0.4, -0.2) is 42.8 Å². The van der Waals surface area contributed by atoms with Gasteiger partial charge in [-0.05, 0) is 23.8 Å². The number of hydrogen-bond donors (Lipinski definition) is 0. The molecular formula is C21H21Cl2NO3. The summed E-state index contributed by atoms with van der Waals surface area (Å²) < 4.78 is 11.6. The molecular weight excluding hydrogens is 385 g/mol. The molecule has 2 aromatic rings. The molecule has 0 aliphatic carbocycles. The fraction of sp³-hybridized carbons (Fsp3) is 0.381. The van der Waals surface area contributed by atoms with Crippen LogP contribution in [0.15, 0.2) is 42.5 Å². The molecule has 142 valence electrons. The van der Waals surface area contributed by atoms with E-state index in [1.54, 1.807) is 18.2 Å². The Morgan fingerprint density at radius 3 is 2.41 bits per heavy atom. The molecule has 2 aromatic carbocycles. The van der Waals surface area contributed by atoms with Gasteiger partial charge in [0, 0.05) is 48.6 Å². The van der Waals surface area contributed by atoms with Gasteiger partial charge in [-0.1, -0.05) is 47.5 Å². The summed E-state index contributed by atoms with van der Waals surface area (Å²) in [6, 6.07) is 12.7. The van der Waals surface area contributed by atoms with Crippen molar-refractivity contribution in [2.24, 2.45) is 0 Å². The molecule has 0 aromatic heterocycles. The molecule has 6 heteroatoms. The molecule has 0 unspecified atom stereocenters. The van der Waals surface area contributed by atoms with Crippen LogP contribution in [0.1, 0.15) is 34.3 Å². The first-order chi connectivity index (χ1) is 13.1. The molecule has 0 amide bonds. The topological polar surface area (TPSA) is 38.8 Å². The predicted molar refractivity (Wildman–Crippen MR) is 105 cm³/mol. The van der Waals surface area contributed by atoms with Gasteiger partial charge in [0.15, 0.2) is 11.6 Å². The van der Waals surface area contributed by atoms with Crippen LogP contribution < -0.4 is 0 Å². The Labute approximate surface area is 169 Å². The molecule has 4 nitrogen and oxygen atoms in total. The Morgan fingerprint density at radius 2 is 1.70 bits per heavy atom. The number of piperidine rings is 1. The van der Waals surface area contributed by atoms with Crippen molar-refractivity contribution in [2.45, 2.75) is 25.2 Å². The summed E-state index contributed by atoms with van der Waals surface area (Å²) >= 11 is 12.2. The normalized spacial score (nSPS) is 19.5. The maximum atomic E-state index is 13.1. The molecule has 0 bridgehead atoms. The van der Waals surface area contributed by atoms with Crippen LogP contribution in [0.25, 0.3) is 0 Å². The van der Waals surface area contributed by atoms with Gasteiger partial charge in [0.1, 0.15) is 0 Å². The van der Waals surface area contributed by atoms with Crippen molar-refractivity contribution in [1.82, 2.24) is 4.90 Å². The SMILES string of the molecule is O=C(c1ccc(Cl)cc1Cl)c1ccccc1CN1CCC2(CC1)OCCO2. The Kier molecular flexibility index (Phi) is 5.53. The van der Waals surface area contributed by atoms with Crippen LogP contribution in [0.5, 0.6) is 0 Å². The zero-order chi connectivity index (χ0) is 18.9. The first kappa shape index (κ1) is 18.9. The molecule has 2 saturated heterocycles. The van der Waals surface area contributed by atoms with Crippen LogP contribution in [0.4, 0.5) is 0 Å². The summed E-state index contributed by atoms with van der Waals surface area (Å²) in [7, 11) is 0. The first-order valence-electron chi connectivity index (χ1n) is 9.14. The van der Waals surface area contributed by atoms with Crippen LogP contribution in [0, 0.1) is 0 Å². The largest absolute Gasteiger partial charge is 0.347 e. The van der Waals surface area contributed by atoms with Crippen LogP contribution in [0.2, 0.25) is 10.0 Å². The van der Waals surface area contributed by atoms with E-state index in [-0.39, 0.29) is 11.6 Å². The number of hydrogen-bond acceptors (Lipinski definition) is 4. The molecule has 0 atom stereocenters. The maximum Gasteiger partial charge on any atom is 0.194 e. The average Bonchev–Trinajstić information content (AvgIpc) is 3.12. The number of benzene rings is 2. The summed E-state index contributed by atoms with van der Waals surface area (Å²) in [6.45, 7) is 3.83. The predicted octanol–water partition coefficient (Wildman–Crippen LogP) is 4.56. The highest BCUT2D eigenvalue weighted by Crippen LogP contribution is 2.32. The Morgan fingerprint density at radius 1 is 1.00 bits per heavy atom. The van der Waals surface area contributed by atoms with E-state index >= 15 is 0 Å². The van der Waals surface area contributed by atoms with Crippen molar-refractivity contribution in [3.8, 4) is 0 Å². The van der Waals surface area contributed by atoms with Crippen molar-refractivity contribution in [2.75, 3.05) is 26.3 Å². The summed E-state index contributed by atoms with van der Waals surface area (Å²) in [5.74, 6) is -0.467. The van der Waals surface area contributed by atoms with Gasteiger partial charge in [0.05, 0.1) is 18.2 Å². The lowest BCUT2D eigenvalue weighted by molar-refractivity contribution is -0.185. The lowest BCUT2D eigenvalue weighted by Crippen LogP contribution is -2.44. The molecule has 2 fully saturated rings. The third-order valence-corrected chi connectivity index (χ3v) is 5.81. The van der Waals surface area contributed by atoms with Gasteiger partial charge < -0.3 is 9.47 Å². The summed E-state index contributed by atoms with van der Waals surface area (Å²) in [5.41, 5.74) is 2.15. The second-order valence-electron chi connectivity index (χ2n) is 6.99. The van der Waals surface area contributed by atoms with Crippen LogP contribution >= 0.6 is 23.2 Å². The summed E-state index contributed by atoms with van der Waals surface area (Å²) in [4.78, 5) is 15.4. The summed E-state index contributed by atoms with van der Waals surface area (Å²) in [5, 5.41) is 0.890. The smallest absolute Gasteiger partial charge is 0.194 e. The highest BCUT2D eigenvalue weighted by Gasteiger charge is 2.39. The molecule has 1 spiro atoms. The molecule has 2 aliphatic rings. The number of ether oxygens (including phenoxy) is 2. The number of rotatable bonds is 4. The standard InChI is InChI=1S/C21H21Cl2NO3/c22-16-5-6-18(19(23)13-16)20(25)17-4-2-1-3-15(17)14-24-9-7-21(8-10-24)26-11-12-27-21/h1-6,13H,7-12,14H2. The Bertz CT molecular complexity index is 839. The minimum Gasteiger partial charge on any atom is -0.347 e. The number of nitrogens with zero attached hydrogens (tertiary/aromatic N) is 1. The van der Waals surface area contributed by atoms with Gasteiger partial charge in [-0.2, -0.15) is 0 Å². The highest BCUT2D eigenvalue weighted by atomic mass is 35.5. The Balaban J connectivity index is 1.51. The molecule has 27 heavy (non-hydrogen) atoms. The average molecular weight is 406 g/mol. The van der Waals surface area contributed by atoms with E-state index in [9.17, 15) is 4.79 Å². The van der Waals surface area contributed by atoms with Crippen molar-refractivity contribution >= 4 is 29.0 Å². The lowest BCUT2D eigenvalue weighted by Gasteiger charge is -2.37. The number of halogens is 2. The van der Waals surface area contributed by atoms with Crippen molar-refractivity contribution in [1.29, 1.82) is 0 Å². The fourth-order valence-corrected chi connectivity index (χ4v) is 4.27. The van der Waals surface area contributed by atoms with Gasteiger partial charge in [0.2, 0.25) is 0 Å². The zero-order valence-electron chi connectivity index (χ0n) is 14.9. The van der Waals surface area contributed by atoms with Crippen LogP contribution in [-0.2, 0) is 16.0 Å². The lowest BCUT2D eigenvalue weighted by atomic mass is 9.97. The van der Waals surface area contributed by atoms with Crippen LogP contribution in [0.3, 0.4) is 0 Å². The van der Waals surface area contributed by atoms with Gasteiger partial charge in [-0.25, -0.2) is 0 Å². The minimum absolute atomic E-state index is 0.0804. The van der Waals surface area contributed by atoms with E-state index in [1.165, 1.54) is 0 Å². The summed E-state index contributed by atoms with van der Waals surface area (Å²) in [6.07, 6.45) is 1.71. The second-order valence-corrected chi connectivity index (χ2v) is 7.84. The number of likely N-dealkylation sites (tertiary alicyclic amines) is 1. The first-order valence-corrected chi connectivity index (χ1v) is 9.90.